The number of sulfone groups is 1. The van der Waals surface area contributed by atoms with E-state index < -0.39 is 9.84 Å². The fourth-order valence-electron chi connectivity index (χ4n) is 4.05. The fraction of sp³-hybridized carbons (Fsp3) is 0.368. The summed E-state index contributed by atoms with van der Waals surface area (Å²) in [4.78, 5) is 7.50. The topological polar surface area (TPSA) is 79.6 Å². The van der Waals surface area contributed by atoms with Gasteiger partial charge in [-0.05, 0) is 31.4 Å². The molecule has 1 aromatic carbocycles. The molecule has 0 amide bonds. The quantitative estimate of drug-likeness (QED) is 0.738. The predicted octanol–water partition coefficient (Wildman–Crippen LogP) is 1.46. The maximum atomic E-state index is 13.2. The molecule has 0 bridgehead atoms. The number of hydrogen-bond donors (Lipinski definition) is 1. The van der Waals surface area contributed by atoms with Gasteiger partial charge in [-0.25, -0.2) is 13.4 Å². The van der Waals surface area contributed by atoms with Crippen LogP contribution in [0.25, 0.3) is 5.65 Å². The summed E-state index contributed by atoms with van der Waals surface area (Å²) < 4.78 is 28.1. The van der Waals surface area contributed by atoms with Gasteiger partial charge >= 0.3 is 0 Å². The van der Waals surface area contributed by atoms with Gasteiger partial charge in [0.2, 0.25) is 9.84 Å². The van der Waals surface area contributed by atoms with Crippen molar-refractivity contribution < 1.29 is 8.42 Å². The van der Waals surface area contributed by atoms with Crippen molar-refractivity contribution >= 4 is 21.3 Å². The number of rotatable bonds is 3. The summed E-state index contributed by atoms with van der Waals surface area (Å²) in [5.41, 5.74) is 2.67. The van der Waals surface area contributed by atoms with Crippen molar-refractivity contribution in [2.75, 3.05) is 31.1 Å². The van der Waals surface area contributed by atoms with Crippen LogP contribution in [-0.4, -0.2) is 49.2 Å². The molecule has 2 aromatic heterocycles. The first-order valence-electron chi connectivity index (χ1n) is 9.31. The van der Waals surface area contributed by atoms with Crippen molar-refractivity contribution in [1.82, 2.24) is 19.9 Å². The predicted molar refractivity (Wildman–Crippen MR) is 102 cm³/mol. The molecule has 0 saturated carbocycles. The summed E-state index contributed by atoms with van der Waals surface area (Å²) in [5.74, 6) is 1.02. The molecule has 3 heterocycles. The van der Waals surface area contributed by atoms with E-state index in [1.54, 1.807) is 28.8 Å². The van der Waals surface area contributed by atoms with Crippen LogP contribution in [0.3, 0.4) is 0 Å². The van der Waals surface area contributed by atoms with Gasteiger partial charge in [-0.1, -0.05) is 18.2 Å². The minimum atomic E-state index is -3.66. The Morgan fingerprint density at radius 2 is 1.81 bits per heavy atom. The Balaban J connectivity index is 1.73. The molecule has 27 heavy (non-hydrogen) atoms. The van der Waals surface area contributed by atoms with Gasteiger partial charge in [0.1, 0.15) is 10.7 Å². The van der Waals surface area contributed by atoms with E-state index in [1.165, 1.54) is 11.8 Å². The van der Waals surface area contributed by atoms with E-state index in [0.717, 1.165) is 57.0 Å². The zero-order chi connectivity index (χ0) is 18.4. The first-order chi connectivity index (χ1) is 13.2. The number of benzene rings is 1. The van der Waals surface area contributed by atoms with Crippen LogP contribution in [-0.2, 0) is 22.7 Å². The van der Waals surface area contributed by atoms with E-state index in [9.17, 15) is 8.42 Å². The minimum Gasteiger partial charge on any atom is -0.354 e. The molecule has 1 aliphatic carbocycles. The van der Waals surface area contributed by atoms with Gasteiger partial charge in [-0.2, -0.15) is 9.61 Å². The second kappa shape index (κ2) is 6.31. The SMILES string of the molecule is O=S(=O)(c1ccccc1)c1cnn2c(N3CCNCC3)c3c(nc12)CCC3. The van der Waals surface area contributed by atoms with Crippen LogP contribution in [0.4, 0.5) is 5.82 Å². The average Bonchev–Trinajstić information content (AvgIpc) is 3.34. The molecular weight excluding hydrogens is 362 g/mol. The van der Waals surface area contributed by atoms with Crippen LogP contribution in [0.15, 0.2) is 46.3 Å². The molecule has 1 saturated heterocycles. The van der Waals surface area contributed by atoms with Crippen LogP contribution < -0.4 is 10.2 Å². The fourth-order valence-corrected chi connectivity index (χ4v) is 5.38. The minimum absolute atomic E-state index is 0.180. The third kappa shape index (κ3) is 2.62. The Bertz CT molecular complexity index is 1100. The number of fused-ring (bicyclic) bond motifs is 2. The van der Waals surface area contributed by atoms with Gasteiger partial charge in [0.25, 0.3) is 0 Å². The van der Waals surface area contributed by atoms with Crippen molar-refractivity contribution in [3.05, 3.63) is 47.8 Å². The van der Waals surface area contributed by atoms with E-state index in [1.807, 2.05) is 6.07 Å². The van der Waals surface area contributed by atoms with Gasteiger partial charge in [0.15, 0.2) is 5.65 Å². The van der Waals surface area contributed by atoms with Crippen molar-refractivity contribution in [3.63, 3.8) is 0 Å². The van der Waals surface area contributed by atoms with Crippen LogP contribution in [0.1, 0.15) is 17.7 Å². The maximum Gasteiger partial charge on any atom is 0.211 e. The molecule has 1 N–H and O–H groups in total. The molecule has 0 atom stereocenters. The van der Waals surface area contributed by atoms with Crippen LogP contribution in [0.2, 0.25) is 0 Å². The lowest BCUT2D eigenvalue weighted by atomic mass is 10.2. The second-order valence-electron chi connectivity index (χ2n) is 7.01. The molecule has 2 aliphatic rings. The summed E-state index contributed by atoms with van der Waals surface area (Å²) in [6, 6.07) is 8.50. The first kappa shape index (κ1) is 16.7. The molecular formula is C19H21N5O2S. The number of nitrogens with one attached hydrogen (secondary N) is 1. The van der Waals surface area contributed by atoms with Gasteiger partial charge in [0.05, 0.1) is 11.1 Å². The van der Waals surface area contributed by atoms with E-state index >= 15 is 0 Å². The van der Waals surface area contributed by atoms with Crippen LogP contribution in [0, 0.1) is 0 Å². The van der Waals surface area contributed by atoms with Gasteiger partial charge < -0.3 is 10.2 Å². The number of piperazine rings is 1. The molecule has 3 aromatic rings. The molecule has 7 nitrogen and oxygen atoms in total. The highest BCUT2D eigenvalue weighted by atomic mass is 32.2. The number of aryl methyl sites for hydroxylation is 1. The van der Waals surface area contributed by atoms with Crippen molar-refractivity contribution in [2.24, 2.45) is 0 Å². The highest BCUT2D eigenvalue weighted by molar-refractivity contribution is 7.91. The Hall–Kier alpha value is -2.45. The average molecular weight is 383 g/mol. The number of anilines is 1. The summed E-state index contributed by atoms with van der Waals surface area (Å²) in [6.07, 6.45) is 4.36. The third-order valence-corrected chi connectivity index (χ3v) is 7.13. The van der Waals surface area contributed by atoms with Crippen molar-refractivity contribution in [1.29, 1.82) is 0 Å². The summed E-state index contributed by atoms with van der Waals surface area (Å²) >= 11 is 0. The molecule has 0 unspecified atom stereocenters. The molecule has 0 spiro atoms. The zero-order valence-corrected chi connectivity index (χ0v) is 15.7. The second-order valence-corrected chi connectivity index (χ2v) is 8.93. The largest absolute Gasteiger partial charge is 0.354 e. The molecule has 5 rings (SSSR count). The maximum absolute atomic E-state index is 13.2. The first-order valence-corrected chi connectivity index (χ1v) is 10.8. The third-order valence-electron chi connectivity index (χ3n) is 5.37. The van der Waals surface area contributed by atoms with Gasteiger partial charge in [0, 0.05) is 37.4 Å². The van der Waals surface area contributed by atoms with Crippen LogP contribution >= 0.6 is 0 Å². The molecule has 8 heteroatoms. The Morgan fingerprint density at radius 1 is 1.04 bits per heavy atom. The highest BCUT2D eigenvalue weighted by Gasteiger charge is 2.30. The smallest absolute Gasteiger partial charge is 0.211 e. The number of hydrogen-bond acceptors (Lipinski definition) is 6. The number of aromatic nitrogens is 3. The monoisotopic (exact) mass is 383 g/mol. The normalized spacial score (nSPS) is 17.4. The standard InChI is InChI=1S/C19H21N5O2S/c25-27(26,14-5-2-1-3-6-14)17-13-21-24-18(17)22-16-8-4-7-15(16)19(24)23-11-9-20-10-12-23/h1-3,5-6,13,20H,4,7-12H2. The number of nitrogens with zero attached hydrogens (tertiary/aromatic N) is 4. The van der Waals surface area contributed by atoms with Crippen molar-refractivity contribution in [3.8, 4) is 0 Å². The van der Waals surface area contributed by atoms with E-state index in [2.05, 4.69) is 15.3 Å². The Labute approximate surface area is 157 Å². The lowest BCUT2D eigenvalue weighted by Crippen LogP contribution is -2.44. The van der Waals surface area contributed by atoms with E-state index in [0.29, 0.717) is 5.65 Å². The van der Waals surface area contributed by atoms with Crippen LogP contribution in [0.5, 0.6) is 0 Å². The summed E-state index contributed by atoms with van der Waals surface area (Å²) in [7, 11) is -3.66. The Morgan fingerprint density at radius 3 is 2.59 bits per heavy atom. The van der Waals surface area contributed by atoms with E-state index in [-0.39, 0.29) is 9.79 Å². The Kier molecular flexibility index (Phi) is 3.91. The zero-order valence-electron chi connectivity index (χ0n) is 14.9. The van der Waals surface area contributed by atoms with Crippen molar-refractivity contribution in [2.45, 2.75) is 29.1 Å². The lowest BCUT2D eigenvalue weighted by molar-refractivity contribution is 0.577. The molecule has 140 valence electrons. The lowest BCUT2D eigenvalue weighted by Gasteiger charge is -2.31. The van der Waals surface area contributed by atoms with Gasteiger partial charge in [-0.3, -0.25) is 0 Å². The summed E-state index contributed by atoms with van der Waals surface area (Å²) in [5, 5.41) is 7.84. The summed E-state index contributed by atoms with van der Waals surface area (Å²) in [6.45, 7) is 3.59. The van der Waals surface area contributed by atoms with Gasteiger partial charge in [-0.15, -0.1) is 0 Å². The molecule has 1 fully saturated rings. The molecule has 1 aliphatic heterocycles. The highest BCUT2D eigenvalue weighted by Crippen LogP contribution is 2.34. The molecule has 0 radical (unpaired) electrons. The van der Waals surface area contributed by atoms with E-state index in [4.69, 9.17) is 4.98 Å².